The summed E-state index contributed by atoms with van der Waals surface area (Å²) in [6.07, 6.45) is -3.50. The molecule has 2 aromatic carbocycles. The van der Waals surface area contributed by atoms with Crippen molar-refractivity contribution < 1.29 is 26.4 Å². The zero-order chi connectivity index (χ0) is 20.4. The summed E-state index contributed by atoms with van der Waals surface area (Å²) < 4.78 is 63.2. The van der Waals surface area contributed by atoms with Gasteiger partial charge in [0.2, 0.25) is 15.9 Å². The van der Waals surface area contributed by atoms with Crippen molar-refractivity contribution in [1.29, 1.82) is 0 Å². The molecule has 0 radical (unpaired) electrons. The number of halogens is 3. The van der Waals surface area contributed by atoms with Gasteiger partial charge < -0.3 is 5.32 Å². The fourth-order valence-corrected chi connectivity index (χ4v) is 3.66. The Bertz CT molecular complexity index is 908. The van der Waals surface area contributed by atoms with Crippen LogP contribution < -0.4 is 9.62 Å². The first-order chi connectivity index (χ1) is 12.4. The van der Waals surface area contributed by atoms with Crippen LogP contribution in [0.5, 0.6) is 0 Å². The second-order valence-corrected chi connectivity index (χ2v) is 7.99. The highest BCUT2D eigenvalue weighted by atomic mass is 32.2. The van der Waals surface area contributed by atoms with Gasteiger partial charge in [0.1, 0.15) is 6.04 Å². The largest absolute Gasteiger partial charge is 0.416 e. The molecule has 1 N–H and O–H groups in total. The van der Waals surface area contributed by atoms with Crippen molar-refractivity contribution in [2.75, 3.05) is 15.9 Å². The minimum Gasteiger partial charge on any atom is -0.324 e. The van der Waals surface area contributed by atoms with Gasteiger partial charge in [-0.25, -0.2) is 8.42 Å². The average molecular weight is 400 g/mol. The summed E-state index contributed by atoms with van der Waals surface area (Å²) in [5, 5.41) is 2.44. The maximum atomic E-state index is 12.6. The maximum absolute atomic E-state index is 12.6. The highest BCUT2D eigenvalue weighted by Gasteiger charge is 2.31. The molecule has 1 unspecified atom stereocenters. The van der Waals surface area contributed by atoms with Crippen molar-refractivity contribution in [2.24, 2.45) is 0 Å². The molecule has 0 aliphatic rings. The van der Waals surface area contributed by atoms with Crippen LogP contribution in [0.4, 0.5) is 24.5 Å². The maximum Gasteiger partial charge on any atom is 0.416 e. The van der Waals surface area contributed by atoms with E-state index < -0.39 is 33.7 Å². The lowest BCUT2D eigenvalue weighted by atomic mass is 10.2. The van der Waals surface area contributed by atoms with Crippen LogP contribution in [0.15, 0.2) is 48.5 Å². The van der Waals surface area contributed by atoms with E-state index in [9.17, 15) is 26.4 Å². The third-order valence-electron chi connectivity index (χ3n) is 3.86. The molecular weight excluding hydrogens is 381 g/mol. The van der Waals surface area contributed by atoms with Crippen molar-refractivity contribution in [3.05, 3.63) is 59.7 Å². The SMILES string of the molecule is Cc1ccc(N(C(C)C(=O)Nc2ccc(C(F)(F)F)cc2)S(C)(=O)=O)cc1. The molecule has 0 spiro atoms. The number of sulfonamides is 1. The van der Waals surface area contributed by atoms with E-state index in [1.807, 2.05) is 6.92 Å². The number of benzene rings is 2. The molecule has 27 heavy (non-hydrogen) atoms. The second kappa shape index (κ2) is 7.59. The molecule has 146 valence electrons. The first-order valence-corrected chi connectivity index (χ1v) is 9.78. The molecule has 2 aromatic rings. The number of nitrogens with zero attached hydrogens (tertiary/aromatic N) is 1. The molecule has 2 rings (SSSR count). The van der Waals surface area contributed by atoms with Crippen LogP contribution in [0.3, 0.4) is 0 Å². The normalized spacial score (nSPS) is 13.1. The van der Waals surface area contributed by atoms with Crippen molar-refractivity contribution in [3.8, 4) is 0 Å². The Balaban J connectivity index is 2.23. The molecule has 0 aromatic heterocycles. The number of carbonyl (C=O) groups excluding carboxylic acids is 1. The summed E-state index contributed by atoms with van der Waals surface area (Å²) >= 11 is 0. The average Bonchev–Trinajstić information content (AvgIpc) is 2.55. The summed E-state index contributed by atoms with van der Waals surface area (Å²) in [5.74, 6) is -0.666. The molecule has 0 aliphatic carbocycles. The van der Waals surface area contributed by atoms with Gasteiger partial charge >= 0.3 is 6.18 Å². The van der Waals surface area contributed by atoms with Crippen molar-refractivity contribution in [3.63, 3.8) is 0 Å². The Morgan fingerprint density at radius 3 is 2.00 bits per heavy atom. The lowest BCUT2D eigenvalue weighted by Gasteiger charge is -2.28. The highest BCUT2D eigenvalue weighted by molar-refractivity contribution is 7.92. The fourth-order valence-electron chi connectivity index (χ4n) is 2.49. The van der Waals surface area contributed by atoms with E-state index in [4.69, 9.17) is 0 Å². The molecule has 0 fully saturated rings. The zero-order valence-corrected chi connectivity index (χ0v) is 15.7. The standard InChI is InChI=1S/C18H19F3N2O3S/c1-12-4-10-16(11-5-12)23(27(3,25)26)13(2)17(24)22-15-8-6-14(7-9-15)18(19,20)21/h4-11,13H,1-3H3,(H,22,24). The van der Waals surface area contributed by atoms with Gasteiger partial charge in [-0.3, -0.25) is 9.10 Å². The number of aryl methyl sites for hydroxylation is 1. The van der Waals surface area contributed by atoms with Crippen LogP contribution in [0.1, 0.15) is 18.1 Å². The van der Waals surface area contributed by atoms with Gasteiger partial charge in [0, 0.05) is 5.69 Å². The third kappa shape index (κ3) is 5.22. The van der Waals surface area contributed by atoms with E-state index in [1.165, 1.54) is 6.92 Å². The Kier molecular flexibility index (Phi) is 5.84. The topological polar surface area (TPSA) is 66.5 Å². The summed E-state index contributed by atoms with van der Waals surface area (Å²) in [5.41, 5.74) is 0.537. The molecular formula is C18H19F3N2O3S. The number of rotatable bonds is 5. The van der Waals surface area contributed by atoms with Crippen LogP contribution in [-0.4, -0.2) is 26.6 Å². The number of alkyl halides is 3. The van der Waals surface area contributed by atoms with E-state index in [1.54, 1.807) is 24.3 Å². The fraction of sp³-hybridized carbons (Fsp3) is 0.278. The van der Waals surface area contributed by atoms with E-state index in [2.05, 4.69) is 5.32 Å². The molecule has 0 bridgehead atoms. The number of nitrogens with one attached hydrogen (secondary N) is 1. The van der Waals surface area contributed by atoms with Crippen LogP contribution in [0, 0.1) is 6.92 Å². The lowest BCUT2D eigenvalue weighted by molar-refractivity contribution is -0.137. The zero-order valence-electron chi connectivity index (χ0n) is 14.9. The van der Waals surface area contributed by atoms with Gasteiger partial charge in [-0.1, -0.05) is 17.7 Å². The van der Waals surface area contributed by atoms with Gasteiger partial charge in [-0.15, -0.1) is 0 Å². The predicted octanol–water partition coefficient (Wildman–Crippen LogP) is 3.81. The Hall–Kier alpha value is -2.55. The third-order valence-corrected chi connectivity index (χ3v) is 5.10. The van der Waals surface area contributed by atoms with Gasteiger partial charge in [0.25, 0.3) is 0 Å². The van der Waals surface area contributed by atoms with Gasteiger partial charge in [0.15, 0.2) is 0 Å². The van der Waals surface area contributed by atoms with Crippen molar-refractivity contribution >= 4 is 27.3 Å². The monoisotopic (exact) mass is 400 g/mol. The van der Waals surface area contributed by atoms with Gasteiger partial charge in [-0.05, 0) is 50.2 Å². The molecule has 0 saturated carbocycles. The van der Waals surface area contributed by atoms with Crippen LogP contribution in [0.2, 0.25) is 0 Å². The summed E-state index contributed by atoms with van der Waals surface area (Å²) in [6.45, 7) is 3.25. The smallest absolute Gasteiger partial charge is 0.324 e. The molecule has 1 atom stereocenters. The van der Waals surface area contributed by atoms with Crippen LogP contribution in [-0.2, 0) is 21.0 Å². The number of amides is 1. The van der Waals surface area contributed by atoms with Gasteiger partial charge in [0.05, 0.1) is 17.5 Å². The van der Waals surface area contributed by atoms with E-state index >= 15 is 0 Å². The van der Waals surface area contributed by atoms with Crippen molar-refractivity contribution in [2.45, 2.75) is 26.1 Å². The van der Waals surface area contributed by atoms with E-state index in [0.29, 0.717) is 5.69 Å². The van der Waals surface area contributed by atoms with E-state index in [-0.39, 0.29) is 5.69 Å². The second-order valence-electron chi connectivity index (χ2n) is 6.13. The summed E-state index contributed by atoms with van der Waals surface area (Å²) in [6, 6.07) is 9.40. The Morgan fingerprint density at radius 2 is 1.56 bits per heavy atom. The molecule has 1 amide bonds. The first kappa shape index (κ1) is 20.8. The number of hydrogen-bond acceptors (Lipinski definition) is 3. The quantitative estimate of drug-likeness (QED) is 0.830. The van der Waals surface area contributed by atoms with Crippen LogP contribution in [0.25, 0.3) is 0 Å². The number of hydrogen-bond donors (Lipinski definition) is 1. The Labute approximate surface area is 155 Å². The molecule has 0 aliphatic heterocycles. The minimum absolute atomic E-state index is 0.136. The summed E-state index contributed by atoms with van der Waals surface area (Å²) in [7, 11) is -3.77. The predicted molar refractivity (Wildman–Crippen MR) is 98.0 cm³/mol. The first-order valence-electron chi connectivity index (χ1n) is 7.94. The summed E-state index contributed by atoms with van der Waals surface area (Å²) in [4.78, 5) is 12.5. The molecule has 5 nitrogen and oxygen atoms in total. The Morgan fingerprint density at radius 1 is 1.04 bits per heavy atom. The number of carbonyl (C=O) groups is 1. The lowest BCUT2D eigenvalue weighted by Crippen LogP contribution is -2.45. The highest BCUT2D eigenvalue weighted by Crippen LogP contribution is 2.30. The van der Waals surface area contributed by atoms with E-state index in [0.717, 1.165) is 40.4 Å². The van der Waals surface area contributed by atoms with Crippen LogP contribution >= 0.6 is 0 Å². The minimum atomic E-state index is -4.48. The van der Waals surface area contributed by atoms with Crippen molar-refractivity contribution in [1.82, 2.24) is 0 Å². The molecule has 0 saturated heterocycles. The number of anilines is 2. The van der Waals surface area contributed by atoms with Gasteiger partial charge in [-0.2, -0.15) is 13.2 Å². The molecule has 9 heteroatoms. The molecule has 0 heterocycles.